The van der Waals surface area contributed by atoms with Crippen molar-refractivity contribution in [3.05, 3.63) is 40.3 Å². The first-order chi connectivity index (χ1) is 10.4. The largest absolute Gasteiger partial charge is 0.477 e. The predicted octanol–water partition coefficient (Wildman–Crippen LogP) is -0.643. The van der Waals surface area contributed by atoms with Gasteiger partial charge in [-0.2, -0.15) is 16.8 Å². The highest BCUT2D eigenvalue weighted by Gasteiger charge is 2.23. The quantitative estimate of drug-likeness (QED) is 0.512. The Balaban J connectivity index is 2.83. The van der Waals surface area contributed by atoms with Crippen molar-refractivity contribution in [3.63, 3.8) is 0 Å². The second-order valence-corrected chi connectivity index (χ2v) is 7.04. The summed E-state index contributed by atoms with van der Waals surface area (Å²) < 4.78 is 63.5. The van der Waals surface area contributed by atoms with Gasteiger partial charge in [-0.05, 0) is 18.2 Å². The minimum atomic E-state index is -4.99. The number of hydrogen-bond acceptors (Lipinski definition) is 6. The van der Waals surface area contributed by atoms with E-state index in [0.717, 1.165) is 12.1 Å². The molecule has 13 heteroatoms. The first-order valence-corrected chi connectivity index (χ1v) is 8.44. The van der Waals surface area contributed by atoms with Crippen molar-refractivity contribution in [2.24, 2.45) is 0 Å². The summed E-state index contributed by atoms with van der Waals surface area (Å²) in [5, 5.41) is 10.9. The number of carbonyl (C=O) groups is 1. The van der Waals surface area contributed by atoms with E-state index in [1.807, 2.05) is 0 Å². The van der Waals surface area contributed by atoms with Crippen LogP contribution in [0.1, 0.15) is 10.5 Å². The van der Waals surface area contributed by atoms with Crippen LogP contribution in [0.5, 0.6) is 0 Å². The molecule has 1 heterocycles. The van der Waals surface area contributed by atoms with Gasteiger partial charge >= 0.3 is 5.97 Å². The third kappa shape index (κ3) is 3.31. The molecule has 1 aromatic carbocycles. The van der Waals surface area contributed by atoms with Crippen LogP contribution in [0.4, 0.5) is 0 Å². The molecule has 0 radical (unpaired) electrons. The van der Waals surface area contributed by atoms with Gasteiger partial charge in [-0.3, -0.25) is 19.0 Å². The SMILES string of the molecule is O=C(O)c1cc(=O)n(-c2ccc(S(=O)(=O)O)cc2S(=O)(=O)O)[nH]1. The summed E-state index contributed by atoms with van der Waals surface area (Å²) in [5.74, 6) is -1.50. The molecule has 0 unspecified atom stereocenters. The number of carboxylic acid groups (broad SMARTS) is 1. The van der Waals surface area contributed by atoms with Gasteiger partial charge in [-0.1, -0.05) is 0 Å². The lowest BCUT2D eigenvalue weighted by Crippen LogP contribution is -2.17. The minimum absolute atomic E-state index is 0.424. The Labute approximate surface area is 128 Å². The predicted molar refractivity (Wildman–Crippen MR) is 73.0 cm³/mol. The van der Waals surface area contributed by atoms with E-state index < -0.39 is 52.9 Å². The molecule has 0 aliphatic heterocycles. The summed E-state index contributed by atoms with van der Waals surface area (Å²) >= 11 is 0. The van der Waals surface area contributed by atoms with Gasteiger partial charge in [-0.15, -0.1) is 0 Å². The van der Waals surface area contributed by atoms with Crippen molar-refractivity contribution in [1.29, 1.82) is 0 Å². The normalized spacial score (nSPS) is 12.3. The lowest BCUT2D eigenvalue weighted by molar-refractivity contribution is 0.0690. The summed E-state index contributed by atoms with van der Waals surface area (Å²) in [6, 6.07) is 2.66. The van der Waals surface area contributed by atoms with E-state index in [4.69, 9.17) is 9.66 Å². The van der Waals surface area contributed by atoms with E-state index in [0.29, 0.717) is 16.8 Å². The second kappa shape index (κ2) is 5.31. The maximum absolute atomic E-state index is 11.7. The van der Waals surface area contributed by atoms with Gasteiger partial charge in [0.15, 0.2) is 0 Å². The molecule has 0 saturated heterocycles. The van der Waals surface area contributed by atoms with Gasteiger partial charge in [0.2, 0.25) is 0 Å². The van der Waals surface area contributed by atoms with Crippen LogP contribution >= 0.6 is 0 Å². The topological polar surface area (TPSA) is 184 Å². The van der Waals surface area contributed by atoms with Gasteiger partial charge < -0.3 is 5.11 Å². The molecule has 0 amide bonds. The van der Waals surface area contributed by atoms with Crippen molar-refractivity contribution in [2.75, 3.05) is 0 Å². The lowest BCUT2D eigenvalue weighted by atomic mass is 10.3. The Bertz CT molecular complexity index is 1060. The number of H-pyrrole nitrogens is 1. The average molecular weight is 364 g/mol. The fourth-order valence-electron chi connectivity index (χ4n) is 1.73. The third-order valence-electron chi connectivity index (χ3n) is 2.70. The Morgan fingerprint density at radius 2 is 1.65 bits per heavy atom. The number of carboxylic acids is 1. The zero-order chi connectivity index (χ0) is 17.6. The average Bonchev–Trinajstić information content (AvgIpc) is 2.78. The highest BCUT2D eigenvalue weighted by atomic mass is 32.2. The maximum Gasteiger partial charge on any atom is 0.353 e. The summed E-state index contributed by atoms with van der Waals surface area (Å²) in [6.07, 6.45) is 0. The highest BCUT2D eigenvalue weighted by Crippen LogP contribution is 2.22. The summed E-state index contributed by atoms with van der Waals surface area (Å²) in [6.45, 7) is 0. The third-order valence-corrected chi connectivity index (χ3v) is 4.43. The molecular formula is C10H8N2O9S2. The Morgan fingerprint density at radius 1 is 1.04 bits per heavy atom. The molecule has 0 aliphatic rings. The molecule has 0 aliphatic carbocycles. The van der Waals surface area contributed by atoms with E-state index in [1.165, 1.54) is 0 Å². The zero-order valence-corrected chi connectivity index (χ0v) is 12.5. The molecule has 2 aromatic rings. The van der Waals surface area contributed by atoms with Crippen LogP contribution in [0.2, 0.25) is 0 Å². The van der Waals surface area contributed by atoms with Crippen molar-refractivity contribution < 1.29 is 35.8 Å². The van der Waals surface area contributed by atoms with Crippen molar-refractivity contribution >= 4 is 26.2 Å². The number of aromatic amines is 1. The molecule has 124 valence electrons. The lowest BCUT2D eigenvalue weighted by Gasteiger charge is -2.08. The van der Waals surface area contributed by atoms with Crippen molar-refractivity contribution in [2.45, 2.75) is 9.79 Å². The van der Waals surface area contributed by atoms with E-state index in [1.54, 1.807) is 0 Å². The second-order valence-electron chi connectivity index (χ2n) is 4.23. The molecule has 4 N–H and O–H groups in total. The van der Waals surface area contributed by atoms with Crippen molar-refractivity contribution in [1.82, 2.24) is 9.78 Å². The number of aromatic nitrogens is 2. The smallest absolute Gasteiger partial charge is 0.353 e. The molecule has 11 nitrogen and oxygen atoms in total. The fourth-order valence-corrected chi connectivity index (χ4v) is 3.01. The summed E-state index contributed by atoms with van der Waals surface area (Å²) in [4.78, 5) is 20.7. The first kappa shape index (κ1) is 16.9. The molecule has 0 bridgehead atoms. The van der Waals surface area contributed by atoms with Gasteiger partial charge in [0.05, 0.1) is 10.6 Å². The molecule has 0 saturated carbocycles. The van der Waals surface area contributed by atoms with E-state index in [9.17, 15) is 31.0 Å². The van der Waals surface area contributed by atoms with E-state index >= 15 is 0 Å². The van der Waals surface area contributed by atoms with Gasteiger partial charge in [0.1, 0.15) is 10.6 Å². The van der Waals surface area contributed by atoms with Crippen LogP contribution in [-0.2, 0) is 20.2 Å². The van der Waals surface area contributed by atoms with Gasteiger partial charge in [0, 0.05) is 6.07 Å². The van der Waals surface area contributed by atoms with Crippen LogP contribution in [0, 0.1) is 0 Å². The van der Waals surface area contributed by atoms with Gasteiger partial charge in [-0.25, -0.2) is 9.48 Å². The van der Waals surface area contributed by atoms with Crippen LogP contribution in [0.15, 0.2) is 38.9 Å². The number of rotatable bonds is 4. The number of hydrogen-bond donors (Lipinski definition) is 4. The monoisotopic (exact) mass is 364 g/mol. The summed E-state index contributed by atoms with van der Waals surface area (Å²) in [5.41, 5.74) is -2.06. The summed E-state index contributed by atoms with van der Waals surface area (Å²) in [7, 11) is -9.77. The first-order valence-electron chi connectivity index (χ1n) is 5.56. The number of nitrogens with zero attached hydrogens (tertiary/aromatic N) is 1. The fraction of sp³-hybridized carbons (Fsp3) is 0. The van der Waals surface area contributed by atoms with Crippen LogP contribution < -0.4 is 5.56 Å². The molecule has 1 aromatic heterocycles. The van der Waals surface area contributed by atoms with E-state index in [2.05, 4.69) is 5.10 Å². The number of aromatic carboxylic acids is 1. The van der Waals surface area contributed by atoms with Crippen LogP contribution in [0.25, 0.3) is 5.69 Å². The van der Waals surface area contributed by atoms with E-state index in [-0.39, 0.29) is 0 Å². The molecule has 23 heavy (non-hydrogen) atoms. The standard InChI is InChI=1S/C10H8N2O9S2/c13-9-4-6(10(14)15)11-12(9)7-2-1-5(22(16,17)18)3-8(7)23(19,20)21/h1-4,11H,(H,14,15)(H,16,17,18)(H,19,20,21). The molecular weight excluding hydrogens is 356 g/mol. The molecule has 0 spiro atoms. The zero-order valence-electron chi connectivity index (χ0n) is 10.9. The maximum atomic E-state index is 11.7. The Kier molecular flexibility index (Phi) is 3.90. The minimum Gasteiger partial charge on any atom is -0.477 e. The number of nitrogens with one attached hydrogen (secondary N) is 1. The molecule has 0 atom stereocenters. The molecule has 2 rings (SSSR count). The Morgan fingerprint density at radius 3 is 2.09 bits per heavy atom. The Hall–Kier alpha value is -2.48. The van der Waals surface area contributed by atoms with Gasteiger partial charge in [0.25, 0.3) is 25.8 Å². The highest BCUT2D eigenvalue weighted by molar-refractivity contribution is 7.86. The molecule has 0 fully saturated rings. The number of benzene rings is 1. The van der Waals surface area contributed by atoms with Crippen LogP contribution in [0.3, 0.4) is 0 Å². The van der Waals surface area contributed by atoms with Crippen molar-refractivity contribution in [3.8, 4) is 5.69 Å². The van der Waals surface area contributed by atoms with Crippen LogP contribution in [-0.4, -0.2) is 46.8 Å².